The Morgan fingerprint density at radius 1 is 1.16 bits per heavy atom. The number of fused-ring (bicyclic) bond motifs is 1. The Bertz CT molecular complexity index is 949. The van der Waals surface area contributed by atoms with Crippen LogP contribution in [0.5, 0.6) is 0 Å². The van der Waals surface area contributed by atoms with Crippen LogP contribution in [0.1, 0.15) is 23.0 Å². The Hall–Kier alpha value is -2.60. The smallest absolute Gasteiger partial charge is 0.291 e. The fraction of sp³-hybridized carbons (Fsp3) is 0.158. The molecule has 3 rings (SSSR count). The molecule has 0 spiro atoms. The van der Waals surface area contributed by atoms with E-state index in [-0.39, 0.29) is 17.6 Å². The highest BCUT2D eigenvalue weighted by Gasteiger charge is 2.16. The van der Waals surface area contributed by atoms with Crippen LogP contribution in [0.25, 0.3) is 11.0 Å². The zero-order valence-electron chi connectivity index (χ0n) is 13.9. The third kappa shape index (κ3) is 3.74. The number of furan rings is 1. The molecule has 2 aromatic carbocycles. The first-order valence-electron chi connectivity index (χ1n) is 7.74. The summed E-state index contributed by atoms with van der Waals surface area (Å²) in [5.74, 6) is -0.138. The van der Waals surface area contributed by atoms with Crippen molar-refractivity contribution in [3.05, 3.63) is 64.3 Å². The molecule has 0 aliphatic rings. The van der Waals surface area contributed by atoms with Crippen LogP contribution in [-0.4, -0.2) is 23.8 Å². The molecule has 3 aromatic rings. The lowest BCUT2D eigenvalue weighted by atomic mass is 10.1. The van der Waals surface area contributed by atoms with E-state index in [1.54, 1.807) is 24.1 Å². The molecule has 0 bridgehead atoms. The van der Waals surface area contributed by atoms with Gasteiger partial charge in [-0.1, -0.05) is 30.3 Å². The Labute approximate surface area is 153 Å². The van der Waals surface area contributed by atoms with Gasteiger partial charge in [0.2, 0.25) is 5.91 Å². The molecular formula is C19H17BrN2O3. The van der Waals surface area contributed by atoms with Crippen LogP contribution in [0.4, 0.5) is 5.69 Å². The summed E-state index contributed by atoms with van der Waals surface area (Å²) in [6, 6.07) is 14.7. The molecule has 25 heavy (non-hydrogen) atoms. The van der Waals surface area contributed by atoms with E-state index in [1.165, 1.54) is 6.92 Å². The van der Waals surface area contributed by atoms with Crippen LogP contribution in [0.3, 0.4) is 0 Å². The van der Waals surface area contributed by atoms with E-state index >= 15 is 0 Å². The topological polar surface area (TPSA) is 62.6 Å². The number of carbonyl (C=O) groups excluding carboxylic acids is 2. The Morgan fingerprint density at radius 2 is 1.92 bits per heavy atom. The maximum absolute atomic E-state index is 12.6. The SMILES string of the molecule is CC(=O)N(C)Cc1ccccc1NC(=O)c1cc2cccc(Br)c2o1. The second-order valence-corrected chi connectivity index (χ2v) is 6.61. The fourth-order valence-corrected chi connectivity index (χ4v) is 2.93. The average molecular weight is 401 g/mol. The van der Waals surface area contributed by atoms with E-state index in [9.17, 15) is 9.59 Å². The van der Waals surface area contributed by atoms with Crippen molar-refractivity contribution in [2.45, 2.75) is 13.5 Å². The zero-order valence-corrected chi connectivity index (χ0v) is 15.5. The Balaban J connectivity index is 1.85. The van der Waals surface area contributed by atoms with Gasteiger partial charge in [-0.3, -0.25) is 9.59 Å². The van der Waals surface area contributed by atoms with Gasteiger partial charge in [-0.2, -0.15) is 0 Å². The second kappa shape index (κ2) is 7.11. The van der Waals surface area contributed by atoms with Gasteiger partial charge in [-0.25, -0.2) is 0 Å². The number of rotatable bonds is 4. The zero-order chi connectivity index (χ0) is 18.0. The van der Waals surface area contributed by atoms with Crippen molar-refractivity contribution in [1.29, 1.82) is 0 Å². The van der Waals surface area contributed by atoms with Gasteiger partial charge >= 0.3 is 0 Å². The molecule has 0 atom stereocenters. The van der Waals surface area contributed by atoms with Gasteiger partial charge in [0.05, 0.1) is 4.47 Å². The number of nitrogens with zero attached hydrogens (tertiary/aromatic N) is 1. The van der Waals surface area contributed by atoms with Crippen LogP contribution in [0, 0.1) is 0 Å². The third-order valence-corrected chi connectivity index (χ3v) is 4.55. The first-order valence-corrected chi connectivity index (χ1v) is 8.54. The molecule has 0 radical (unpaired) electrons. The normalized spacial score (nSPS) is 10.7. The van der Waals surface area contributed by atoms with Crippen molar-refractivity contribution in [3.63, 3.8) is 0 Å². The van der Waals surface area contributed by atoms with Gasteiger partial charge in [-0.05, 0) is 39.7 Å². The van der Waals surface area contributed by atoms with Crippen LogP contribution >= 0.6 is 15.9 Å². The van der Waals surface area contributed by atoms with Crippen LogP contribution < -0.4 is 5.32 Å². The lowest BCUT2D eigenvalue weighted by Gasteiger charge is -2.17. The molecule has 0 unspecified atom stereocenters. The summed E-state index contributed by atoms with van der Waals surface area (Å²) in [6.45, 7) is 1.92. The molecule has 6 heteroatoms. The molecule has 0 fully saturated rings. The van der Waals surface area contributed by atoms with Gasteiger partial charge < -0.3 is 14.6 Å². The molecule has 0 saturated heterocycles. The maximum Gasteiger partial charge on any atom is 0.291 e. The van der Waals surface area contributed by atoms with Crippen molar-refractivity contribution < 1.29 is 14.0 Å². The minimum Gasteiger partial charge on any atom is -0.450 e. The Kier molecular flexibility index (Phi) is 4.90. The molecule has 1 aromatic heterocycles. The largest absolute Gasteiger partial charge is 0.450 e. The average Bonchev–Trinajstić information content (AvgIpc) is 3.02. The van der Waals surface area contributed by atoms with E-state index in [4.69, 9.17) is 4.42 Å². The molecule has 128 valence electrons. The quantitative estimate of drug-likeness (QED) is 0.704. The van der Waals surface area contributed by atoms with Gasteiger partial charge in [0.1, 0.15) is 5.58 Å². The highest BCUT2D eigenvalue weighted by molar-refractivity contribution is 9.10. The van der Waals surface area contributed by atoms with Crippen molar-refractivity contribution >= 4 is 44.4 Å². The van der Waals surface area contributed by atoms with E-state index in [0.29, 0.717) is 17.8 Å². The molecule has 1 heterocycles. The summed E-state index contributed by atoms with van der Waals surface area (Å²) >= 11 is 3.42. The van der Waals surface area contributed by atoms with Crippen molar-refractivity contribution in [2.24, 2.45) is 0 Å². The maximum atomic E-state index is 12.6. The Morgan fingerprint density at radius 3 is 2.64 bits per heavy atom. The summed E-state index contributed by atoms with van der Waals surface area (Å²) in [5, 5.41) is 3.72. The molecule has 0 aliphatic carbocycles. The molecule has 2 amide bonds. The fourth-order valence-electron chi connectivity index (χ4n) is 2.47. The van der Waals surface area contributed by atoms with Crippen molar-refractivity contribution in [2.75, 3.05) is 12.4 Å². The molecule has 0 aliphatic heterocycles. The third-order valence-electron chi connectivity index (χ3n) is 3.93. The first-order chi connectivity index (χ1) is 12.0. The van der Waals surface area contributed by atoms with Crippen LogP contribution in [-0.2, 0) is 11.3 Å². The molecular weight excluding hydrogens is 384 g/mol. The number of benzene rings is 2. The summed E-state index contributed by atoms with van der Waals surface area (Å²) in [5.41, 5.74) is 2.14. The molecule has 0 saturated carbocycles. The van der Waals surface area contributed by atoms with Crippen molar-refractivity contribution in [1.82, 2.24) is 4.90 Å². The predicted octanol–water partition coefficient (Wildman–Crippen LogP) is 4.43. The van der Waals surface area contributed by atoms with Crippen LogP contribution in [0.2, 0.25) is 0 Å². The van der Waals surface area contributed by atoms with Crippen molar-refractivity contribution in [3.8, 4) is 0 Å². The lowest BCUT2D eigenvalue weighted by Crippen LogP contribution is -2.24. The number of amides is 2. The van der Waals surface area contributed by atoms with Gasteiger partial charge in [0.15, 0.2) is 5.76 Å². The lowest BCUT2D eigenvalue weighted by molar-refractivity contribution is -0.128. The number of hydrogen-bond donors (Lipinski definition) is 1. The van der Waals surface area contributed by atoms with E-state index in [2.05, 4.69) is 21.2 Å². The van der Waals surface area contributed by atoms with E-state index in [1.807, 2.05) is 36.4 Å². The number of anilines is 1. The second-order valence-electron chi connectivity index (χ2n) is 5.76. The summed E-state index contributed by atoms with van der Waals surface area (Å²) in [4.78, 5) is 25.6. The number of carbonyl (C=O) groups is 2. The van der Waals surface area contributed by atoms with E-state index < -0.39 is 0 Å². The number of halogens is 1. The molecule has 1 N–H and O–H groups in total. The van der Waals surface area contributed by atoms with E-state index in [0.717, 1.165) is 15.4 Å². The minimum absolute atomic E-state index is 0.0386. The minimum atomic E-state index is -0.332. The highest BCUT2D eigenvalue weighted by Crippen LogP contribution is 2.27. The predicted molar refractivity (Wildman–Crippen MR) is 100 cm³/mol. The standard InChI is InChI=1S/C19H17BrN2O3/c1-12(23)22(2)11-14-6-3-4-9-16(14)21-19(24)17-10-13-7-5-8-15(20)18(13)25-17/h3-10H,11H2,1-2H3,(H,21,24). The number of para-hydroxylation sites is 2. The van der Waals surface area contributed by atoms with Gasteiger partial charge in [0, 0.05) is 31.6 Å². The summed E-state index contributed by atoms with van der Waals surface area (Å²) in [7, 11) is 1.72. The number of nitrogens with one attached hydrogen (secondary N) is 1. The monoisotopic (exact) mass is 400 g/mol. The van der Waals surface area contributed by atoms with Gasteiger partial charge in [-0.15, -0.1) is 0 Å². The van der Waals surface area contributed by atoms with Crippen LogP contribution in [0.15, 0.2) is 57.4 Å². The molecule has 5 nitrogen and oxygen atoms in total. The summed E-state index contributed by atoms with van der Waals surface area (Å²) < 4.78 is 6.47. The van der Waals surface area contributed by atoms with Gasteiger partial charge in [0.25, 0.3) is 5.91 Å². The summed E-state index contributed by atoms with van der Waals surface area (Å²) in [6.07, 6.45) is 0. The highest BCUT2D eigenvalue weighted by atomic mass is 79.9. The first kappa shape index (κ1) is 17.2. The number of hydrogen-bond acceptors (Lipinski definition) is 3.